The van der Waals surface area contributed by atoms with Gasteiger partial charge in [-0.2, -0.15) is 10.4 Å². The van der Waals surface area contributed by atoms with Crippen LogP contribution in [0.4, 0.5) is 23.2 Å². The molecule has 206 valence electrons. The normalized spacial score (nSPS) is 19.2. The van der Waals surface area contributed by atoms with Crippen LogP contribution in [0.15, 0.2) is 46.5 Å². The minimum atomic E-state index is -5.05. The number of benzene rings is 2. The number of nitrogens with zero attached hydrogens (tertiary/aromatic N) is 5. The second-order valence-corrected chi connectivity index (χ2v) is 9.31. The van der Waals surface area contributed by atoms with E-state index in [0.717, 1.165) is 18.7 Å². The summed E-state index contributed by atoms with van der Waals surface area (Å²) in [6.45, 7) is 2.88. The third-order valence-corrected chi connectivity index (χ3v) is 6.70. The number of ether oxygens (including phenoxy) is 1. The number of nitrogens with one attached hydrogen (secondary N) is 2. The SMILES string of the molecule is CCN(C(=O)[C@H]1CCN1)C1CN(C(=Nc2cc(F)cc(OC(F)(F)F)c2)NC#N)N=C1c1ccc(Cl)c(Cl)c1. The highest BCUT2D eigenvalue weighted by atomic mass is 35.5. The second kappa shape index (κ2) is 11.6. The summed E-state index contributed by atoms with van der Waals surface area (Å²) in [5.41, 5.74) is 0.687. The molecule has 0 saturated carbocycles. The van der Waals surface area contributed by atoms with Gasteiger partial charge in [0.25, 0.3) is 0 Å². The van der Waals surface area contributed by atoms with Crippen molar-refractivity contribution >= 4 is 46.5 Å². The van der Waals surface area contributed by atoms with E-state index < -0.39 is 24.0 Å². The number of guanidine groups is 1. The van der Waals surface area contributed by atoms with Crippen LogP contribution in [0.2, 0.25) is 10.0 Å². The molecule has 2 aromatic rings. The average Bonchev–Trinajstić information content (AvgIpc) is 3.23. The van der Waals surface area contributed by atoms with Gasteiger partial charge >= 0.3 is 6.36 Å². The molecule has 2 aliphatic rings. The number of amides is 1. The lowest BCUT2D eigenvalue weighted by molar-refractivity contribution is -0.274. The van der Waals surface area contributed by atoms with E-state index >= 15 is 0 Å². The molecule has 9 nitrogen and oxygen atoms in total. The van der Waals surface area contributed by atoms with Crippen LogP contribution in [-0.2, 0) is 4.79 Å². The van der Waals surface area contributed by atoms with Crippen molar-refractivity contribution in [2.75, 3.05) is 19.6 Å². The van der Waals surface area contributed by atoms with Crippen LogP contribution in [-0.4, -0.2) is 65.6 Å². The minimum Gasteiger partial charge on any atom is -0.406 e. The van der Waals surface area contributed by atoms with Crippen molar-refractivity contribution in [3.8, 4) is 11.9 Å². The number of nitriles is 1. The Labute approximate surface area is 230 Å². The summed E-state index contributed by atoms with van der Waals surface area (Å²) < 4.78 is 55.9. The van der Waals surface area contributed by atoms with Gasteiger partial charge in [0, 0.05) is 24.2 Å². The second-order valence-electron chi connectivity index (χ2n) is 8.50. The smallest absolute Gasteiger partial charge is 0.406 e. The maximum absolute atomic E-state index is 14.1. The van der Waals surface area contributed by atoms with Crippen LogP contribution in [0, 0.1) is 17.3 Å². The lowest BCUT2D eigenvalue weighted by atomic mass is 9.99. The number of hydrogen-bond acceptors (Lipinski definition) is 6. The lowest BCUT2D eigenvalue weighted by Crippen LogP contribution is -2.58. The van der Waals surface area contributed by atoms with Gasteiger partial charge in [0.05, 0.1) is 40.1 Å². The van der Waals surface area contributed by atoms with Crippen molar-refractivity contribution in [3.63, 3.8) is 0 Å². The first-order chi connectivity index (χ1) is 18.5. The number of halogens is 6. The number of likely N-dealkylation sites (N-methyl/N-ethyl adjacent to an activating group) is 1. The molecule has 0 aromatic heterocycles. The summed E-state index contributed by atoms with van der Waals surface area (Å²) in [4.78, 5) is 19.0. The number of rotatable bonds is 6. The first-order valence-corrected chi connectivity index (χ1v) is 12.4. The van der Waals surface area contributed by atoms with Crippen LogP contribution in [0.1, 0.15) is 18.9 Å². The van der Waals surface area contributed by atoms with Gasteiger partial charge in [-0.1, -0.05) is 29.3 Å². The monoisotopic (exact) mass is 585 g/mol. The summed E-state index contributed by atoms with van der Waals surface area (Å²) in [5, 5.41) is 21.2. The molecule has 1 amide bonds. The van der Waals surface area contributed by atoms with Crippen molar-refractivity contribution in [2.45, 2.75) is 31.8 Å². The largest absolute Gasteiger partial charge is 0.573 e. The van der Waals surface area contributed by atoms with Gasteiger partial charge in [-0.3, -0.25) is 10.1 Å². The van der Waals surface area contributed by atoms with Gasteiger partial charge in [-0.25, -0.2) is 14.4 Å². The van der Waals surface area contributed by atoms with E-state index in [9.17, 15) is 27.6 Å². The summed E-state index contributed by atoms with van der Waals surface area (Å²) in [6.07, 6.45) is -2.68. The fourth-order valence-corrected chi connectivity index (χ4v) is 4.43. The molecule has 2 N–H and O–H groups in total. The van der Waals surface area contributed by atoms with Crippen molar-refractivity contribution in [3.05, 3.63) is 57.8 Å². The average molecular weight is 586 g/mol. The summed E-state index contributed by atoms with van der Waals surface area (Å²) in [7, 11) is 0. The van der Waals surface area contributed by atoms with Gasteiger partial charge in [0.1, 0.15) is 11.6 Å². The zero-order valence-corrected chi connectivity index (χ0v) is 21.8. The van der Waals surface area contributed by atoms with Crippen LogP contribution < -0.4 is 15.4 Å². The molecule has 39 heavy (non-hydrogen) atoms. The predicted molar refractivity (Wildman–Crippen MR) is 136 cm³/mol. The zero-order valence-electron chi connectivity index (χ0n) is 20.3. The molecule has 1 fully saturated rings. The third-order valence-electron chi connectivity index (χ3n) is 5.96. The molecule has 15 heteroatoms. The summed E-state index contributed by atoms with van der Waals surface area (Å²) >= 11 is 12.3. The van der Waals surface area contributed by atoms with Gasteiger partial charge < -0.3 is 15.0 Å². The van der Waals surface area contributed by atoms with E-state index in [1.165, 1.54) is 5.01 Å². The molecule has 2 aromatic carbocycles. The summed E-state index contributed by atoms with van der Waals surface area (Å²) in [6, 6.07) is 6.13. The highest BCUT2D eigenvalue weighted by Crippen LogP contribution is 2.30. The van der Waals surface area contributed by atoms with Crippen molar-refractivity contribution < 1.29 is 27.1 Å². The molecular formula is C24H21Cl2F4N7O2. The molecular weight excluding hydrogens is 565 g/mol. The molecule has 2 aliphatic heterocycles. The highest BCUT2D eigenvalue weighted by Gasteiger charge is 2.39. The van der Waals surface area contributed by atoms with Gasteiger partial charge in [0.2, 0.25) is 11.9 Å². The van der Waals surface area contributed by atoms with E-state index in [1.807, 2.05) is 6.92 Å². The third kappa shape index (κ3) is 6.70. The highest BCUT2D eigenvalue weighted by molar-refractivity contribution is 6.42. The van der Waals surface area contributed by atoms with E-state index in [4.69, 9.17) is 23.2 Å². The molecule has 4 rings (SSSR count). The molecule has 1 saturated heterocycles. The maximum atomic E-state index is 14.1. The topological polar surface area (TPSA) is 105 Å². The Balaban J connectivity index is 1.74. The summed E-state index contributed by atoms with van der Waals surface area (Å²) in [5.74, 6) is -2.23. The lowest BCUT2D eigenvalue weighted by Gasteiger charge is -2.36. The Morgan fingerprint density at radius 3 is 2.64 bits per heavy atom. The van der Waals surface area contributed by atoms with Crippen LogP contribution in [0.5, 0.6) is 5.75 Å². The van der Waals surface area contributed by atoms with E-state index in [-0.39, 0.29) is 35.2 Å². The molecule has 1 unspecified atom stereocenters. The standard InChI is InChI=1S/C24H21Cl2F4N7O2/c1-2-36(22(38)19-5-6-32-19)20-11-37(35-21(20)13-3-4-17(25)18(26)7-13)23(33-12-31)34-15-8-14(27)9-16(10-15)39-24(28,29)30/h3-4,7-10,19-20,32H,2,5-6,11H2,1H3,(H,33,34)/t19-,20?/m1/s1. The first-order valence-electron chi connectivity index (χ1n) is 11.6. The molecule has 0 spiro atoms. The molecule has 2 atom stereocenters. The van der Waals surface area contributed by atoms with E-state index in [2.05, 4.69) is 25.5 Å². The van der Waals surface area contributed by atoms with Crippen molar-refractivity contribution in [2.24, 2.45) is 10.1 Å². The predicted octanol–water partition coefficient (Wildman–Crippen LogP) is 4.39. The Kier molecular flexibility index (Phi) is 8.48. The fraction of sp³-hybridized carbons (Fsp3) is 0.333. The Hall–Kier alpha value is -3.60. The first kappa shape index (κ1) is 28.4. The zero-order chi connectivity index (χ0) is 28.3. The minimum absolute atomic E-state index is 0.0244. The Bertz CT molecular complexity index is 1360. The molecule has 0 bridgehead atoms. The van der Waals surface area contributed by atoms with Gasteiger partial charge in [-0.15, -0.1) is 13.2 Å². The maximum Gasteiger partial charge on any atom is 0.573 e. The van der Waals surface area contributed by atoms with Crippen molar-refractivity contribution in [1.82, 2.24) is 20.5 Å². The number of alkyl halides is 3. The molecule has 2 heterocycles. The Morgan fingerprint density at radius 1 is 1.31 bits per heavy atom. The molecule has 0 aliphatic carbocycles. The quantitative estimate of drug-likeness (QED) is 0.171. The Morgan fingerprint density at radius 2 is 2.05 bits per heavy atom. The van der Waals surface area contributed by atoms with E-state index in [0.29, 0.717) is 35.3 Å². The van der Waals surface area contributed by atoms with Crippen molar-refractivity contribution in [1.29, 1.82) is 5.26 Å². The van der Waals surface area contributed by atoms with E-state index in [1.54, 1.807) is 29.3 Å². The number of aliphatic imine (C=N–C) groups is 1. The van der Waals surface area contributed by atoms with Gasteiger partial charge in [-0.05, 0) is 38.1 Å². The number of carbonyl (C=O) groups excluding carboxylic acids is 1. The number of hydrazone groups is 1. The fourth-order valence-electron chi connectivity index (χ4n) is 4.13. The van der Waals surface area contributed by atoms with Gasteiger partial charge in [0.15, 0.2) is 6.19 Å². The number of carbonyl (C=O) groups is 1. The molecule has 0 radical (unpaired) electrons. The van der Waals surface area contributed by atoms with Crippen LogP contribution in [0.25, 0.3) is 0 Å². The van der Waals surface area contributed by atoms with Crippen LogP contribution >= 0.6 is 23.2 Å². The van der Waals surface area contributed by atoms with Crippen LogP contribution in [0.3, 0.4) is 0 Å². The number of hydrogen-bond donors (Lipinski definition) is 2.